The highest BCUT2D eigenvalue weighted by Gasteiger charge is 2.19. The molecule has 5 heteroatoms. The molecule has 23 heavy (non-hydrogen) atoms. The van der Waals surface area contributed by atoms with E-state index in [-0.39, 0.29) is 0 Å². The van der Waals surface area contributed by atoms with Crippen LogP contribution in [0.5, 0.6) is 5.75 Å². The summed E-state index contributed by atoms with van der Waals surface area (Å²) in [6, 6.07) is 11.4. The molecule has 1 N–H and O–H groups in total. The lowest BCUT2D eigenvalue weighted by Crippen LogP contribution is -2.27. The minimum absolute atomic E-state index is 0.363. The summed E-state index contributed by atoms with van der Waals surface area (Å²) in [5.41, 5.74) is 3.68. The van der Waals surface area contributed by atoms with Gasteiger partial charge in [0.2, 0.25) is 10.0 Å². The summed E-state index contributed by atoms with van der Waals surface area (Å²) in [5, 5.41) is 0. The van der Waals surface area contributed by atoms with Crippen molar-refractivity contribution in [1.82, 2.24) is 4.72 Å². The fourth-order valence-corrected chi connectivity index (χ4v) is 4.27. The summed E-state index contributed by atoms with van der Waals surface area (Å²) in [4.78, 5) is 0.387. The van der Waals surface area contributed by atoms with E-state index in [4.69, 9.17) is 4.74 Å². The van der Waals surface area contributed by atoms with Crippen LogP contribution in [-0.4, -0.2) is 22.1 Å². The van der Waals surface area contributed by atoms with Gasteiger partial charge in [-0.3, -0.25) is 0 Å². The van der Waals surface area contributed by atoms with Gasteiger partial charge in [-0.15, -0.1) is 0 Å². The van der Waals surface area contributed by atoms with Gasteiger partial charge < -0.3 is 4.74 Å². The average Bonchev–Trinajstić information content (AvgIpc) is 2.46. The van der Waals surface area contributed by atoms with Gasteiger partial charge in [0.25, 0.3) is 0 Å². The maximum atomic E-state index is 12.5. The van der Waals surface area contributed by atoms with Crippen LogP contribution in [0.15, 0.2) is 41.3 Å². The Morgan fingerprint density at radius 1 is 1.00 bits per heavy atom. The molecular weight excluding hydrogens is 310 g/mol. The largest absolute Gasteiger partial charge is 0.497 e. The Balaban J connectivity index is 2.07. The van der Waals surface area contributed by atoms with E-state index in [0.717, 1.165) is 28.0 Å². The zero-order chi connectivity index (χ0) is 17.0. The van der Waals surface area contributed by atoms with E-state index in [1.54, 1.807) is 7.11 Å². The molecule has 2 aromatic carbocycles. The number of hydrogen-bond donors (Lipinski definition) is 1. The van der Waals surface area contributed by atoms with Gasteiger partial charge in [-0.25, -0.2) is 13.1 Å². The van der Waals surface area contributed by atoms with E-state index in [0.29, 0.717) is 17.9 Å². The molecule has 4 nitrogen and oxygen atoms in total. The fraction of sp³-hybridized carbons (Fsp3) is 0.333. The number of benzene rings is 2. The lowest BCUT2D eigenvalue weighted by molar-refractivity contribution is 0.414. The number of nitrogens with one attached hydrogen (secondary N) is 1. The van der Waals surface area contributed by atoms with Gasteiger partial charge in [-0.1, -0.05) is 29.8 Å². The third-order valence-electron chi connectivity index (χ3n) is 3.74. The molecule has 124 valence electrons. The molecule has 0 aliphatic carbocycles. The van der Waals surface area contributed by atoms with Crippen LogP contribution < -0.4 is 9.46 Å². The summed E-state index contributed by atoms with van der Waals surface area (Å²) in [5.74, 6) is 0.792. The van der Waals surface area contributed by atoms with Gasteiger partial charge in [0.1, 0.15) is 5.75 Å². The molecule has 0 bridgehead atoms. The Bertz CT molecular complexity index is 757. The smallest absolute Gasteiger partial charge is 0.241 e. The normalized spacial score (nSPS) is 11.5. The van der Waals surface area contributed by atoms with E-state index in [2.05, 4.69) is 4.72 Å². The van der Waals surface area contributed by atoms with Gasteiger partial charge in [0.15, 0.2) is 0 Å². The Morgan fingerprint density at radius 2 is 1.57 bits per heavy atom. The first-order chi connectivity index (χ1) is 10.8. The van der Waals surface area contributed by atoms with Crippen LogP contribution in [0.3, 0.4) is 0 Å². The molecule has 0 unspecified atom stereocenters. The molecule has 0 radical (unpaired) electrons. The second-order valence-corrected chi connectivity index (χ2v) is 7.43. The van der Waals surface area contributed by atoms with Crippen LogP contribution in [0.1, 0.15) is 22.3 Å². The second-order valence-electron chi connectivity index (χ2n) is 5.72. The van der Waals surface area contributed by atoms with Crippen molar-refractivity contribution < 1.29 is 13.2 Å². The van der Waals surface area contributed by atoms with E-state index in [1.165, 1.54) is 0 Å². The summed E-state index contributed by atoms with van der Waals surface area (Å²) in [7, 11) is -1.88. The number of rotatable bonds is 6. The predicted molar refractivity (Wildman–Crippen MR) is 92.5 cm³/mol. The van der Waals surface area contributed by atoms with Crippen LogP contribution in [0.2, 0.25) is 0 Å². The van der Waals surface area contributed by atoms with Gasteiger partial charge in [-0.2, -0.15) is 0 Å². The first kappa shape index (κ1) is 17.5. The number of aryl methyl sites for hydroxylation is 3. The molecule has 0 amide bonds. The fourth-order valence-electron chi connectivity index (χ4n) is 2.78. The van der Waals surface area contributed by atoms with Crippen molar-refractivity contribution >= 4 is 10.0 Å². The lowest BCUT2D eigenvalue weighted by Gasteiger charge is -2.13. The molecule has 0 aliphatic heterocycles. The first-order valence-corrected chi connectivity index (χ1v) is 9.02. The Morgan fingerprint density at radius 3 is 2.09 bits per heavy atom. The average molecular weight is 333 g/mol. The van der Waals surface area contributed by atoms with Crippen LogP contribution in [0, 0.1) is 20.8 Å². The molecule has 2 rings (SSSR count). The minimum atomic E-state index is -3.50. The highest BCUT2D eigenvalue weighted by atomic mass is 32.2. The number of sulfonamides is 1. The molecule has 0 atom stereocenters. The first-order valence-electron chi connectivity index (χ1n) is 7.54. The SMILES string of the molecule is COc1ccc(CCNS(=O)(=O)c2c(C)cc(C)cc2C)cc1. The lowest BCUT2D eigenvalue weighted by atomic mass is 10.1. The standard InChI is InChI=1S/C18H23NO3S/c1-13-11-14(2)18(15(3)12-13)23(20,21)19-10-9-16-5-7-17(22-4)8-6-16/h5-8,11-12,19H,9-10H2,1-4H3. The molecule has 0 aliphatic rings. The van der Waals surface area contributed by atoms with Gasteiger partial charge in [0, 0.05) is 6.54 Å². The van der Waals surface area contributed by atoms with E-state index in [1.807, 2.05) is 57.2 Å². The molecular formula is C18H23NO3S. The molecule has 0 saturated carbocycles. The highest BCUT2D eigenvalue weighted by Crippen LogP contribution is 2.21. The van der Waals surface area contributed by atoms with Gasteiger partial charge >= 0.3 is 0 Å². The molecule has 0 aromatic heterocycles. The highest BCUT2D eigenvalue weighted by molar-refractivity contribution is 7.89. The van der Waals surface area contributed by atoms with E-state index >= 15 is 0 Å². The van der Waals surface area contributed by atoms with Crippen molar-refractivity contribution in [1.29, 1.82) is 0 Å². The zero-order valence-corrected chi connectivity index (χ0v) is 14.8. The zero-order valence-electron chi connectivity index (χ0n) is 14.0. The topological polar surface area (TPSA) is 55.4 Å². The molecule has 0 heterocycles. The van der Waals surface area contributed by atoms with Crippen molar-refractivity contribution in [2.24, 2.45) is 0 Å². The molecule has 0 fully saturated rings. The third kappa shape index (κ3) is 4.33. The molecule has 0 spiro atoms. The molecule has 0 saturated heterocycles. The summed E-state index contributed by atoms with van der Waals surface area (Å²) >= 11 is 0. The van der Waals surface area contributed by atoms with Crippen LogP contribution >= 0.6 is 0 Å². The molecule has 2 aromatic rings. The number of hydrogen-bond acceptors (Lipinski definition) is 3. The van der Waals surface area contributed by atoms with Crippen LogP contribution in [-0.2, 0) is 16.4 Å². The Hall–Kier alpha value is -1.85. The van der Waals surface area contributed by atoms with E-state index in [9.17, 15) is 8.42 Å². The predicted octanol–water partition coefficient (Wildman–Crippen LogP) is 3.14. The second kappa shape index (κ2) is 7.15. The maximum absolute atomic E-state index is 12.5. The van der Waals surface area contributed by atoms with Crippen molar-refractivity contribution in [3.8, 4) is 5.75 Å². The Kier molecular flexibility index (Phi) is 5.44. The van der Waals surface area contributed by atoms with E-state index < -0.39 is 10.0 Å². The van der Waals surface area contributed by atoms with Gasteiger partial charge in [-0.05, 0) is 56.0 Å². The number of methoxy groups -OCH3 is 1. The quantitative estimate of drug-likeness (QED) is 0.883. The van der Waals surface area contributed by atoms with Crippen molar-refractivity contribution in [3.63, 3.8) is 0 Å². The summed E-state index contributed by atoms with van der Waals surface area (Å²) in [6.45, 7) is 5.99. The summed E-state index contributed by atoms with van der Waals surface area (Å²) < 4.78 is 32.9. The number of ether oxygens (including phenoxy) is 1. The van der Waals surface area contributed by atoms with Gasteiger partial charge in [0.05, 0.1) is 12.0 Å². The minimum Gasteiger partial charge on any atom is -0.497 e. The summed E-state index contributed by atoms with van der Waals surface area (Å²) in [6.07, 6.45) is 0.632. The van der Waals surface area contributed by atoms with Crippen molar-refractivity contribution in [2.75, 3.05) is 13.7 Å². The monoisotopic (exact) mass is 333 g/mol. The maximum Gasteiger partial charge on any atom is 0.241 e. The van der Waals surface area contributed by atoms with Crippen LogP contribution in [0.25, 0.3) is 0 Å². The van der Waals surface area contributed by atoms with Crippen molar-refractivity contribution in [2.45, 2.75) is 32.1 Å². The van der Waals surface area contributed by atoms with Crippen molar-refractivity contribution in [3.05, 3.63) is 58.7 Å². The van der Waals surface area contributed by atoms with Crippen LogP contribution in [0.4, 0.5) is 0 Å². The Labute approximate surface area is 138 Å². The third-order valence-corrected chi connectivity index (χ3v) is 5.50.